The van der Waals surface area contributed by atoms with Crippen LogP contribution >= 0.6 is 11.6 Å². The van der Waals surface area contributed by atoms with E-state index in [2.05, 4.69) is 22.9 Å². The molecule has 7 heteroatoms. The number of pyridine rings is 1. The largest absolute Gasteiger partial charge is 0.497 e. The van der Waals surface area contributed by atoms with E-state index in [0.29, 0.717) is 22.8 Å². The minimum absolute atomic E-state index is 0.210. The number of benzene rings is 2. The average molecular weight is 463 g/mol. The normalized spacial score (nSPS) is 11.0. The van der Waals surface area contributed by atoms with E-state index in [1.54, 1.807) is 31.4 Å². The third kappa shape index (κ3) is 5.17. The molecule has 6 nitrogen and oxygen atoms in total. The number of carbonyl (C=O) groups is 1. The fraction of sp³-hybridized carbons (Fsp3) is 0.269. The predicted octanol–water partition coefficient (Wildman–Crippen LogP) is 6.04. The number of aromatic nitrogens is 3. The fourth-order valence-corrected chi connectivity index (χ4v) is 3.88. The number of hydrogen-bond acceptors (Lipinski definition) is 4. The van der Waals surface area contributed by atoms with Crippen molar-refractivity contribution in [1.29, 1.82) is 0 Å². The second-order valence-corrected chi connectivity index (χ2v) is 8.43. The van der Waals surface area contributed by atoms with Gasteiger partial charge in [-0.15, -0.1) is 0 Å². The van der Waals surface area contributed by atoms with E-state index in [9.17, 15) is 4.79 Å². The molecule has 0 saturated heterocycles. The molecule has 0 saturated carbocycles. The molecule has 33 heavy (non-hydrogen) atoms. The zero-order valence-electron chi connectivity index (χ0n) is 19.1. The number of anilines is 1. The summed E-state index contributed by atoms with van der Waals surface area (Å²) in [7, 11) is 1.67. The second kappa shape index (κ2) is 10.0. The smallest absolute Gasteiger partial charge is 0.255 e. The Labute approximate surface area is 198 Å². The molecule has 0 bridgehead atoms. The number of halogens is 1. The molecular weight excluding hydrogens is 436 g/mol. The van der Waals surface area contributed by atoms with Crippen LogP contribution in [0, 0.1) is 6.92 Å². The highest BCUT2D eigenvalue weighted by Crippen LogP contribution is 2.25. The lowest BCUT2D eigenvalue weighted by Gasteiger charge is -2.11. The SMILES string of the molecule is CCCCc1nc2cc(NC(=O)c3ccc(Cl)cc3)c(C)nc2n1Cc1cccc(OC)c1. The summed E-state index contributed by atoms with van der Waals surface area (Å²) < 4.78 is 7.55. The molecule has 4 aromatic rings. The quantitative estimate of drug-likeness (QED) is 0.346. The van der Waals surface area contributed by atoms with E-state index >= 15 is 0 Å². The van der Waals surface area contributed by atoms with Gasteiger partial charge >= 0.3 is 0 Å². The highest BCUT2D eigenvalue weighted by Gasteiger charge is 2.16. The summed E-state index contributed by atoms with van der Waals surface area (Å²) in [5.74, 6) is 1.60. The van der Waals surface area contributed by atoms with E-state index in [4.69, 9.17) is 26.3 Å². The molecular formula is C26H27ClN4O2. The van der Waals surface area contributed by atoms with E-state index in [0.717, 1.165) is 53.3 Å². The second-order valence-electron chi connectivity index (χ2n) is 7.99. The monoisotopic (exact) mass is 462 g/mol. The first kappa shape index (κ1) is 22.8. The van der Waals surface area contributed by atoms with Gasteiger partial charge < -0.3 is 14.6 Å². The number of amides is 1. The highest BCUT2D eigenvalue weighted by atomic mass is 35.5. The Bertz CT molecular complexity index is 1280. The molecule has 0 unspecified atom stereocenters. The van der Waals surface area contributed by atoms with Gasteiger partial charge in [-0.05, 0) is 61.4 Å². The molecule has 2 aromatic heterocycles. The maximum Gasteiger partial charge on any atom is 0.255 e. The fourth-order valence-electron chi connectivity index (χ4n) is 3.75. The summed E-state index contributed by atoms with van der Waals surface area (Å²) in [4.78, 5) is 22.4. The third-order valence-electron chi connectivity index (χ3n) is 5.57. The van der Waals surface area contributed by atoms with Crippen molar-refractivity contribution in [2.24, 2.45) is 0 Å². The maximum atomic E-state index is 12.7. The summed E-state index contributed by atoms with van der Waals surface area (Å²) in [6, 6.07) is 16.7. The van der Waals surface area contributed by atoms with Crippen molar-refractivity contribution in [3.63, 3.8) is 0 Å². The number of rotatable bonds is 8. The molecule has 2 aromatic carbocycles. The lowest BCUT2D eigenvalue weighted by atomic mass is 10.2. The highest BCUT2D eigenvalue weighted by molar-refractivity contribution is 6.30. The zero-order valence-corrected chi connectivity index (χ0v) is 19.8. The van der Waals surface area contributed by atoms with Crippen molar-refractivity contribution in [3.8, 4) is 5.75 Å². The Morgan fingerprint density at radius 1 is 1.12 bits per heavy atom. The van der Waals surface area contributed by atoms with Crippen molar-refractivity contribution >= 4 is 34.4 Å². The van der Waals surface area contributed by atoms with Gasteiger partial charge in [0.25, 0.3) is 5.91 Å². The Hall–Kier alpha value is -3.38. The zero-order chi connectivity index (χ0) is 23.4. The topological polar surface area (TPSA) is 69.0 Å². The van der Waals surface area contributed by atoms with Gasteiger partial charge in [-0.25, -0.2) is 9.97 Å². The van der Waals surface area contributed by atoms with Gasteiger partial charge in [0, 0.05) is 17.0 Å². The van der Waals surface area contributed by atoms with Crippen molar-refractivity contribution in [2.45, 2.75) is 39.7 Å². The number of ether oxygens (including phenoxy) is 1. The van der Waals surface area contributed by atoms with Crippen LogP contribution in [0.15, 0.2) is 54.6 Å². The van der Waals surface area contributed by atoms with Crippen LogP contribution in [0.1, 0.15) is 47.2 Å². The lowest BCUT2D eigenvalue weighted by Crippen LogP contribution is -2.13. The molecule has 170 valence electrons. The number of unbranched alkanes of at least 4 members (excludes halogenated alkanes) is 1. The van der Waals surface area contributed by atoms with Crippen LogP contribution in [0.3, 0.4) is 0 Å². The molecule has 0 fully saturated rings. The first-order valence-electron chi connectivity index (χ1n) is 11.0. The Morgan fingerprint density at radius 3 is 2.64 bits per heavy atom. The molecule has 1 N–H and O–H groups in total. The number of carbonyl (C=O) groups excluding carboxylic acids is 1. The van der Waals surface area contributed by atoms with Gasteiger partial charge in [-0.3, -0.25) is 4.79 Å². The standard InChI is InChI=1S/C26H27ClN4O2/c1-4-5-9-24-29-23-15-22(30-26(32)19-10-12-20(27)13-11-19)17(2)28-25(23)31(24)16-18-7-6-8-21(14-18)33-3/h6-8,10-15H,4-5,9,16H2,1-3H3,(H,30,32). The number of nitrogens with zero attached hydrogens (tertiary/aromatic N) is 3. The van der Waals surface area contributed by atoms with E-state index in [1.807, 2.05) is 31.2 Å². The van der Waals surface area contributed by atoms with Crippen LogP contribution in [-0.2, 0) is 13.0 Å². The van der Waals surface area contributed by atoms with Crippen molar-refractivity contribution < 1.29 is 9.53 Å². The van der Waals surface area contributed by atoms with E-state index in [1.165, 1.54) is 0 Å². The number of fused-ring (bicyclic) bond motifs is 1. The van der Waals surface area contributed by atoms with Crippen molar-refractivity contribution in [3.05, 3.63) is 82.3 Å². The van der Waals surface area contributed by atoms with Gasteiger partial charge in [-0.2, -0.15) is 0 Å². The molecule has 0 aliphatic heterocycles. The number of nitrogens with one attached hydrogen (secondary N) is 1. The molecule has 1 amide bonds. The number of aryl methyl sites for hydroxylation is 2. The van der Waals surface area contributed by atoms with Crippen LogP contribution in [0.4, 0.5) is 5.69 Å². The Morgan fingerprint density at radius 2 is 1.91 bits per heavy atom. The summed E-state index contributed by atoms with van der Waals surface area (Å²) in [5.41, 5.74) is 4.61. The van der Waals surface area contributed by atoms with Gasteiger partial charge in [0.2, 0.25) is 0 Å². The summed E-state index contributed by atoms with van der Waals surface area (Å²) in [6.07, 6.45) is 2.99. The third-order valence-corrected chi connectivity index (χ3v) is 5.83. The van der Waals surface area contributed by atoms with Gasteiger partial charge in [0.15, 0.2) is 5.65 Å². The van der Waals surface area contributed by atoms with Gasteiger partial charge in [0.05, 0.1) is 25.0 Å². The molecule has 0 atom stereocenters. The molecule has 0 aliphatic rings. The maximum absolute atomic E-state index is 12.7. The molecule has 0 spiro atoms. The average Bonchev–Trinajstić information content (AvgIpc) is 3.14. The number of hydrogen-bond donors (Lipinski definition) is 1. The van der Waals surface area contributed by atoms with Crippen molar-refractivity contribution in [1.82, 2.24) is 14.5 Å². The molecule has 0 radical (unpaired) electrons. The van der Waals surface area contributed by atoms with Gasteiger partial charge in [0.1, 0.15) is 17.1 Å². The van der Waals surface area contributed by atoms with E-state index in [-0.39, 0.29) is 5.91 Å². The number of methoxy groups -OCH3 is 1. The van der Waals surface area contributed by atoms with E-state index < -0.39 is 0 Å². The van der Waals surface area contributed by atoms with Crippen LogP contribution < -0.4 is 10.1 Å². The summed E-state index contributed by atoms with van der Waals surface area (Å²) >= 11 is 5.94. The van der Waals surface area contributed by atoms with Crippen LogP contribution in [-0.4, -0.2) is 27.6 Å². The predicted molar refractivity (Wildman–Crippen MR) is 132 cm³/mol. The van der Waals surface area contributed by atoms with Crippen LogP contribution in [0.5, 0.6) is 5.75 Å². The van der Waals surface area contributed by atoms with Crippen LogP contribution in [0.25, 0.3) is 11.2 Å². The minimum Gasteiger partial charge on any atom is -0.497 e. The number of imidazole rings is 1. The molecule has 0 aliphatic carbocycles. The summed E-state index contributed by atoms with van der Waals surface area (Å²) in [5, 5.41) is 3.55. The first-order chi connectivity index (χ1) is 16.0. The first-order valence-corrected chi connectivity index (χ1v) is 11.4. The lowest BCUT2D eigenvalue weighted by molar-refractivity contribution is 0.102. The Balaban J connectivity index is 1.69. The summed E-state index contributed by atoms with van der Waals surface area (Å²) in [6.45, 7) is 4.71. The molecule has 2 heterocycles. The van der Waals surface area contributed by atoms with Crippen molar-refractivity contribution in [2.75, 3.05) is 12.4 Å². The Kier molecular flexibility index (Phi) is 6.94. The minimum atomic E-state index is -0.210. The molecule has 4 rings (SSSR count). The van der Waals surface area contributed by atoms with Gasteiger partial charge in [-0.1, -0.05) is 37.1 Å². The van der Waals surface area contributed by atoms with Crippen LogP contribution in [0.2, 0.25) is 5.02 Å².